The summed E-state index contributed by atoms with van der Waals surface area (Å²) in [6.07, 6.45) is 1.19. The maximum absolute atomic E-state index is 12.7. The maximum atomic E-state index is 12.7. The van der Waals surface area contributed by atoms with Crippen molar-refractivity contribution in [2.24, 2.45) is 11.8 Å². The van der Waals surface area contributed by atoms with Gasteiger partial charge in [0.05, 0.1) is 5.75 Å². The summed E-state index contributed by atoms with van der Waals surface area (Å²) in [4.78, 5) is 19.5. The van der Waals surface area contributed by atoms with Crippen molar-refractivity contribution in [3.63, 3.8) is 0 Å². The van der Waals surface area contributed by atoms with Gasteiger partial charge in [0.1, 0.15) is 11.4 Å². The van der Waals surface area contributed by atoms with Crippen LogP contribution in [0, 0.1) is 11.8 Å². The fourth-order valence-corrected chi connectivity index (χ4v) is 4.73. The van der Waals surface area contributed by atoms with Crippen molar-refractivity contribution in [3.8, 4) is 22.5 Å². The Bertz CT molecular complexity index is 987. The number of nitrogens with zero attached hydrogens (tertiary/aromatic N) is 4. The molecule has 0 saturated carbocycles. The van der Waals surface area contributed by atoms with Crippen LogP contribution in [0.4, 0.5) is 0 Å². The summed E-state index contributed by atoms with van der Waals surface area (Å²) >= 11 is 1.36. The predicted octanol–water partition coefficient (Wildman–Crippen LogP) is 4.80. The monoisotopic (exact) mass is 418 g/mol. The smallest absolute Gasteiger partial charge is 0.233 e. The molecule has 0 unspecified atom stereocenters. The van der Waals surface area contributed by atoms with Gasteiger partial charge in [-0.2, -0.15) is 0 Å². The molecule has 1 saturated heterocycles. The SMILES string of the molecule is C[C@@H]1C[C@H](C)CN(C(=O)CSc2nnc(-c3ccccc3)c(-c3ccccc3)n2)C1. The highest BCUT2D eigenvalue weighted by atomic mass is 32.2. The Morgan fingerprint density at radius 2 is 1.47 bits per heavy atom. The van der Waals surface area contributed by atoms with Crippen LogP contribution in [0.15, 0.2) is 65.8 Å². The Morgan fingerprint density at radius 3 is 2.07 bits per heavy atom. The number of hydrogen-bond acceptors (Lipinski definition) is 5. The van der Waals surface area contributed by atoms with Gasteiger partial charge in [-0.1, -0.05) is 86.3 Å². The minimum Gasteiger partial charge on any atom is -0.341 e. The first kappa shape index (κ1) is 20.5. The van der Waals surface area contributed by atoms with Crippen molar-refractivity contribution in [2.75, 3.05) is 18.8 Å². The van der Waals surface area contributed by atoms with Crippen molar-refractivity contribution in [3.05, 3.63) is 60.7 Å². The first-order chi connectivity index (χ1) is 14.6. The third-order valence-electron chi connectivity index (χ3n) is 5.31. The highest BCUT2D eigenvalue weighted by Gasteiger charge is 2.25. The van der Waals surface area contributed by atoms with Crippen molar-refractivity contribution in [1.29, 1.82) is 0 Å². The van der Waals surface area contributed by atoms with E-state index in [0.29, 0.717) is 22.7 Å². The summed E-state index contributed by atoms with van der Waals surface area (Å²) in [6, 6.07) is 19.9. The van der Waals surface area contributed by atoms with Crippen molar-refractivity contribution in [1.82, 2.24) is 20.1 Å². The van der Waals surface area contributed by atoms with E-state index in [2.05, 4.69) is 24.0 Å². The second-order valence-electron chi connectivity index (χ2n) is 8.06. The Labute approximate surface area is 181 Å². The number of thioether (sulfide) groups is 1. The van der Waals surface area contributed by atoms with E-state index >= 15 is 0 Å². The molecule has 6 heteroatoms. The molecular formula is C24H26N4OS. The lowest BCUT2D eigenvalue weighted by atomic mass is 9.92. The molecule has 0 aliphatic carbocycles. The van der Waals surface area contributed by atoms with Crippen LogP contribution >= 0.6 is 11.8 Å². The van der Waals surface area contributed by atoms with E-state index in [9.17, 15) is 4.79 Å². The third-order valence-corrected chi connectivity index (χ3v) is 6.13. The van der Waals surface area contributed by atoms with Crippen LogP contribution in [0.3, 0.4) is 0 Å². The fraction of sp³-hybridized carbons (Fsp3) is 0.333. The fourth-order valence-electron chi connectivity index (χ4n) is 4.04. The van der Waals surface area contributed by atoms with Crippen LogP contribution in [0.5, 0.6) is 0 Å². The minimum absolute atomic E-state index is 0.149. The molecule has 3 aromatic rings. The third kappa shape index (κ3) is 4.87. The standard InChI is InChI=1S/C24H26N4OS/c1-17-13-18(2)15-28(14-17)21(29)16-30-24-25-22(19-9-5-3-6-10-19)23(26-27-24)20-11-7-4-8-12-20/h3-12,17-18H,13-16H2,1-2H3/t17-,18+. The molecule has 2 atom stereocenters. The Morgan fingerprint density at radius 1 is 0.900 bits per heavy atom. The van der Waals surface area contributed by atoms with Gasteiger partial charge >= 0.3 is 0 Å². The van der Waals surface area contributed by atoms with Crippen LogP contribution in [-0.4, -0.2) is 44.8 Å². The lowest BCUT2D eigenvalue weighted by molar-refractivity contribution is -0.130. The van der Waals surface area contributed by atoms with Crippen molar-refractivity contribution < 1.29 is 4.79 Å². The van der Waals surface area contributed by atoms with Gasteiger partial charge in [0.25, 0.3) is 0 Å². The summed E-state index contributed by atoms with van der Waals surface area (Å²) in [5, 5.41) is 9.33. The van der Waals surface area contributed by atoms with Crippen molar-refractivity contribution in [2.45, 2.75) is 25.4 Å². The van der Waals surface area contributed by atoms with Gasteiger partial charge in [0, 0.05) is 24.2 Å². The number of benzene rings is 2. The molecule has 0 radical (unpaired) electrons. The molecule has 0 N–H and O–H groups in total. The van der Waals surface area contributed by atoms with E-state index in [1.165, 1.54) is 18.2 Å². The zero-order valence-corrected chi connectivity index (χ0v) is 18.2. The van der Waals surface area contributed by atoms with E-state index in [0.717, 1.165) is 35.6 Å². The van der Waals surface area contributed by atoms with Gasteiger partial charge in [0.15, 0.2) is 0 Å². The number of aromatic nitrogens is 3. The van der Waals surface area contributed by atoms with Gasteiger partial charge in [-0.05, 0) is 18.3 Å². The Kier molecular flexibility index (Phi) is 6.43. The van der Waals surface area contributed by atoms with Crippen LogP contribution in [0.1, 0.15) is 20.3 Å². The molecule has 0 spiro atoms. The van der Waals surface area contributed by atoms with Crippen LogP contribution in [0.25, 0.3) is 22.5 Å². The number of hydrogen-bond donors (Lipinski definition) is 0. The quantitative estimate of drug-likeness (QED) is 0.557. The topological polar surface area (TPSA) is 59.0 Å². The van der Waals surface area contributed by atoms with Crippen LogP contribution in [0.2, 0.25) is 0 Å². The van der Waals surface area contributed by atoms with E-state index in [4.69, 9.17) is 4.98 Å². The number of piperidine rings is 1. The average molecular weight is 419 g/mol. The van der Waals surface area contributed by atoms with Gasteiger partial charge in [0.2, 0.25) is 11.1 Å². The zero-order valence-electron chi connectivity index (χ0n) is 17.4. The van der Waals surface area contributed by atoms with E-state index in [1.807, 2.05) is 65.6 Å². The highest BCUT2D eigenvalue weighted by Crippen LogP contribution is 2.30. The van der Waals surface area contributed by atoms with Gasteiger partial charge in [-0.25, -0.2) is 4.98 Å². The zero-order chi connectivity index (χ0) is 20.9. The largest absolute Gasteiger partial charge is 0.341 e. The van der Waals surface area contributed by atoms with E-state index in [-0.39, 0.29) is 5.91 Å². The number of likely N-dealkylation sites (tertiary alicyclic amines) is 1. The minimum atomic E-state index is 0.149. The van der Waals surface area contributed by atoms with Crippen molar-refractivity contribution >= 4 is 17.7 Å². The average Bonchev–Trinajstić information content (AvgIpc) is 2.78. The number of rotatable bonds is 5. The molecule has 2 aromatic carbocycles. The molecule has 5 nitrogen and oxygen atoms in total. The molecule has 2 heterocycles. The lowest BCUT2D eigenvalue weighted by Gasteiger charge is -2.34. The maximum Gasteiger partial charge on any atom is 0.233 e. The molecule has 0 bridgehead atoms. The molecule has 4 rings (SSSR count). The summed E-state index contributed by atoms with van der Waals surface area (Å²) in [5.74, 6) is 1.58. The Hall–Kier alpha value is -2.73. The summed E-state index contributed by atoms with van der Waals surface area (Å²) < 4.78 is 0. The molecule has 1 aliphatic heterocycles. The van der Waals surface area contributed by atoms with Gasteiger partial charge in [-0.3, -0.25) is 4.79 Å². The number of amides is 1. The Balaban J connectivity index is 1.55. The first-order valence-electron chi connectivity index (χ1n) is 10.4. The number of carbonyl (C=O) groups is 1. The van der Waals surface area contributed by atoms with E-state index < -0.39 is 0 Å². The van der Waals surface area contributed by atoms with Gasteiger partial charge in [-0.15, -0.1) is 10.2 Å². The van der Waals surface area contributed by atoms with Crippen LogP contribution < -0.4 is 0 Å². The lowest BCUT2D eigenvalue weighted by Crippen LogP contribution is -2.43. The second-order valence-corrected chi connectivity index (χ2v) is 9.00. The molecule has 1 amide bonds. The molecule has 30 heavy (non-hydrogen) atoms. The molecular weight excluding hydrogens is 392 g/mol. The highest BCUT2D eigenvalue weighted by molar-refractivity contribution is 7.99. The van der Waals surface area contributed by atoms with Crippen LogP contribution in [-0.2, 0) is 4.79 Å². The second kappa shape index (κ2) is 9.39. The first-order valence-corrected chi connectivity index (χ1v) is 11.3. The predicted molar refractivity (Wildman–Crippen MR) is 121 cm³/mol. The summed E-state index contributed by atoms with van der Waals surface area (Å²) in [5.41, 5.74) is 3.49. The molecule has 1 aliphatic rings. The normalized spacial score (nSPS) is 18.9. The van der Waals surface area contributed by atoms with E-state index in [1.54, 1.807) is 0 Å². The summed E-state index contributed by atoms with van der Waals surface area (Å²) in [7, 11) is 0. The van der Waals surface area contributed by atoms with Gasteiger partial charge < -0.3 is 4.90 Å². The molecule has 154 valence electrons. The molecule has 1 fully saturated rings. The molecule has 1 aromatic heterocycles. The summed E-state index contributed by atoms with van der Waals surface area (Å²) in [6.45, 7) is 6.10. The number of carbonyl (C=O) groups excluding carboxylic acids is 1.